The minimum absolute atomic E-state index is 0.278. The first-order valence-corrected chi connectivity index (χ1v) is 9.12. The van der Waals surface area contributed by atoms with Gasteiger partial charge in [0.25, 0.3) is 0 Å². The zero-order valence-electron chi connectivity index (χ0n) is 16.3. The molecular weight excluding hydrogens is 332 g/mol. The molecule has 3 rings (SSSR count). The molecule has 1 unspecified atom stereocenters. The molecule has 1 atom stereocenters. The highest BCUT2D eigenvalue weighted by molar-refractivity contribution is 5.88. The molecule has 1 aliphatic heterocycles. The van der Waals surface area contributed by atoms with E-state index in [-0.39, 0.29) is 5.63 Å². The molecule has 0 bridgehead atoms. The van der Waals surface area contributed by atoms with Crippen LogP contribution in [0.15, 0.2) is 21.3 Å². The maximum absolute atomic E-state index is 12.7. The first kappa shape index (κ1) is 18.7. The van der Waals surface area contributed by atoms with Crippen LogP contribution in [-0.4, -0.2) is 56.7 Å². The second-order valence-corrected chi connectivity index (χ2v) is 6.93. The number of rotatable bonds is 6. The molecule has 0 aliphatic carbocycles. The van der Waals surface area contributed by atoms with Crippen LogP contribution in [-0.2, 0) is 13.0 Å². The van der Waals surface area contributed by atoms with E-state index in [1.165, 1.54) is 0 Å². The summed E-state index contributed by atoms with van der Waals surface area (Å²) in [5.74, 6) is 1.04. The van der Waals surface area contributed by atoms with Gasteiger partial charge in [-0.15, -0.1) is 0 Å². The smallest absolute Gasteiger partial charge is 0.341 e. The normalized spacial score (nSPS) is 15.9. The van der Waals surface area contributed by atoms with Crippen LogP contribution in [0.25, 0.3) is 11.0 Å². The summed E-state index contributed by atoms with van der Waals surface area (Å²) in [5, 5.41) is 0.940. The van der Waals surface area contributed by atoms with Crippen molar-refractivity contribution in [1.82, 2.24) is 9.80 Å². The van der Waals surface area contributed by atoms with Gasteiger partial charge in [0.2, 0.25) is 5.75 Å². The van der Waals surface area contributed by atoms with E-state index >= 15 is 0 Å². The van der Waals surface area contributed by atoms with Crippen molar-refractivity contribution < 1.29 is 13.9 Å². The van der Waals surface area contributed by atoms with Gasteiger partial charge in [0.1, 0.15) is 0 Å². The van der Waals surface area contributed by atoms with Gasteiger partial charge in [0.05, 0.1) is 19.8 Å². The van der Waals surface area contributed by atoms with Crippen molar-refractivity contribution >= 4 is 11.0 Å². The fourth-order valence-corrected chi connectivity index (χ4v) is 3.68. The Bertz CT molecular complexity index is 846. The van der Waals surface area contributed by atoms with E-state index in [1.807, 2.05) is 12.1 Å². The lowest BCUT2D eigenvalue weighted by Gasteiger charge is -2.33. The Hall–Kier alpha value is -2.05. The summed E-state index contributed by atoms with van der Waals surface area (Å²) in [6, 6.07) is 4.27. The summed E-state index contributed by atoms with van der Waals surface area (Å²) in [7, 11) is 5.26. The first-order valence-electron chi connectivity index (χ1n) is 9.12. The highest BCUT2D eigenvalue weighted by atomic mass is 16.5. The van der Waals surface area contributed by atoms with E-state index in [1.54, 1.807) is 14.2 Å². The van der Waals surface area contributed by atoms with Crippen LogP contribution in [0.3, 0.4) is 0 Å². The summed E-state index contributed by atoms with van der Waals surface area (Å²) in [5.41, 5.74) is 2.04. The Morgan fingerprint density at radius 3 is 2.69 bits per heavy atom. The highest BCUT2D eigenvalue weighted by Crippen LogP contribution is 2.37. The lowest BCUT2D eigenvalue weighted by molar-refractivity contribution is 0.165. The molecular formula is C20H28N2O4. The van der Waals surface area contributed by atoms with E-state index < -0.39 is 0 Å². The summed E-state index contributed by atoms with van der Waals surface area (Å²) in [4.78, 5) is 17.3. The first-order chi connectivity index (χ1) is 12.5. The predicted octanol–water partition coefficient (Wildman–Crippen LogP) is 2.51. The maximum atomic E-state index is 12.7. The quantitative estimate of drug-likeness (QED) is 0.738. The lowest BCUT2D eigenvalue weighted by atomic mass is 9.97. The van der Waals surface area contributed by atoms with Gasteiger partial charge in [-0.25, -0.2) is 4.79 Å². The third-order valence-corrected chi connectivity index (χ3v) is 5.46. The standard InChI is InChI=1S/C20H28N2O4/c1-6-21(3)13(2)11-22-10-9-14-15-7-8-17(24-4)19(25-5)18(15)26-20(23)16(14)12-22/h7-8,13H,6,9-12H2,1-5H3. The molecule has 2 heterocycles. The average Bonchev–Trinajstić information content (AvgIpc) is 2.66. The molecule has 142 valence electrons. The molecule has 26 heavy (non-hydrogen) atoms. The van der Waals surface area contributed by atoms with Crippen LogP contribution in [0.4, 0.5) is 0 Å². The van der Waals surface area contributed by atoms with Gasteiger partial charge in [-0.3, -0.25) is 4.90 Å². The second kappa shape index (κ2) is 7.68. The highest BCUT2D eigenvalue weighted by Gasteiger charge is 2.26. The SMILES string of the molecule is CCN(C)C(C)CN1CCc2c(c(=O)oc3c(OC)c(OC)ccc23)C1. The minimum Gasteiger partial charge on any atom is -0.493 e. The summed E-state index contributed by atoms with van der Waals surface area (Å²) in [6.07, 6.45) is 0.829. The van der Waals surface area contributed by atoms with Crippen LogP contribution >= 0.6 is 0 Å². The maximum Gasteiger partial charge on any atom is 0.341 e. The molecule has 0 saturated heterocycles. The molecule has 6 heteroatoms. The fraction of sp³-hybridized carbons (Fsp3) is 0.550. The Kier molecular flexibility index (Phi) is 5.53. The van der Waals surface area contributed by atoms with E-state index in [2.05, 4.69) is 30.7 Å². The Balaban J connectivity index is 1.97. The van der Waals surface area contributed by atoms with E-state index in [9.17, 15) is 4.79 Å². The van der Waals surface area contributed by atoms with E-state index in [0.29, 0.717) is 29.7 Å². The fourth-order valence-electron chi connectivity index (χ4n) is 3.68. The predicted molar refractivity (Wildman–Crippen MR) is 102 cm³/mol. The number of fused-ring (bicyclic) bond motifs is 3. The van der Waals surface area contributed by atoms with Crippen LogP contribution in [0.2, 0.25) is 0 Å². The molecule has 1 aromatic carbocycles. The molecule has 0 saturated carbocycles. The van der Waals surface area contributed by atoms with Crippen molar-refractivity contribution in [1.29, 1.82) is 0 Å². The van der Waals surface area contributed by atoms with E-state index in [0.717, 1.165) is 42.6 Å². The largest absolute Gasteiger partial charge is 0.493 e. The van der Waals surface area contributed by atoms with Gasteiger partial charge in [-0.05, 0) is 44.6 Å². The lowest BCUT2D eigenvalue weighted by Crippen LogP contribution is -2.43. The van der Waals surface area contributed by atoms with Crippen molar-refractivity contribution in [2.45, 2.75) is 32.9 Å². The van der Waals surface area contributed by atoms with Crippen molar-refractivity contribution in [2.75, 3.05) is 40.9 Å². The molecule has 2 aromatic rings. The molecule has 0 spiro atoms. The van der Waals surface area contributed by atoms with Gasteiger partial charge in [0, 0.05) is 31.1 Å². The number of benzene rings is 1. The monoisotopic (exact) mass is 360 g/mol. The number of hydrogen-bond acceptors (Lipinski definition) is 6. The van der Waals surface area contributed by atoms with Crippen LogP contribution in [0, 0.1) is 0 Å². The van der Waals surface area contributed by atoms with Crippen molar-refractivity contribution in [3.05, 3.63) is 33.7 Å². The number of hydrogen-bond donors (Lipinski definition) is 0. The van der Waals surface area contributed by atoms with Crippen LogP contribution < -0.4 is 15.1 Å². The molecule has 0 radical (unpaired) electrons. The molecule has 1 aliphatic rings. The van der Waals surface area contributed by atoms with Crippen molar-refractivity contribution in [3.8, 4) is 11.5 Å². The molecule has 0 fully saturated rings. The number of nitrogens with zero attached hydrogens (tertiary/aromatic N) is 2. The number of ether oxygens (including phenoxy) is 2. The topological polar surface area (TPSA) is 55.2 Å². The second-order valence-electron chi connectivity index (χ2n) is 6.93. The molecule has 6 nitrogen and oxygen atoms in total. The summed E-state index contributed by atoms with van der Waals surface area (Å²) < 4.78 is 16.4. The molecule has 0 N–H and O–H groups in total. The van der Waals surface area contributed by atoms with Crippen LogP contribution in [0.5, 0.6) is 11.5 Å². The van der Waals surface area contributed by atoms with Gasteiger partial charge < -0.3 is 18.8 Å². The average molecular weight is 360 g/mol. The third-order valence-electron chi connectivity index (χ3n) is 5.46. The van der Waals surface area contributed by atoms with Gasteiger partial charge >= 0.3 is 5.63 Å². The Morgan fingerprint density at radius 2 is 2.04 bits per heavy atom. The third kappa shape index (κ3) is 3.31. The molecule has 0 amide bonds. The zero-order valence-corrected chi connectivity index (χ0v) is 16.3. The summed E-state index contributed by atoms with van der Waals surface area (Å²) in [6.45, 7) is 7.89. The Labute approximate surface area is 154 Å². The minimum atomic E-state index is -0.278. The van der Waals surface area contributed by atoms with Gasteiger partial charge in [0.15, 0.2) is 11.3 Å². The van der Waals surface area contributed by atoms with Crippen LogP contribution in [0.1, 0.15) is 25.0 Å². The Morgan fingerprint density at radius 1 is 1.27 bits per heavy atom. The summed E-state index contributed by atoms with van der Waals surface area (Å²) >= 11 is 0. The van der Waals surface area contributed by atoms with Gasteiger partial charge in [-0.2, -0.15) is 0 Å². The van der Waals surface area contributed by atoms with Gasteiger partial charge in [-0.1, -0.05) is 6.92 Å². The van der Waals surface area contributed by atoms with E-state index in [4.69, 9.17) is 13.9 Å². The van der Waals surface area contributed by atoms with Crippen molar-refractivity contribution in [3.63, 3.8) is 0 Å². The van der Waals surface area contributed by atoms with Crippen molar-refractivity contribution in [2.24, 2.45) is 0 Å². The number of likely N-dealkylation sites (N-methyl/N-ethyl adjacent to an activating group) is 1. The number of methoxy groups -OCH3 is 2. The molecule has 1 aromatic heterocycles. The zero-order chi connectivity index (χ0) is 18.8.